The van der Waals surface area contributed by atoms with E-state index < -0.39 is 0 Å². The lowest BCUT2D eigenvalue weighted by Crippen LogP contribution is -2.33. The predicted octanol–water partition coefficient (Wildman–Crippen LogP) is 0.957. The summed E-state index contributed by atoms with van der Waals surface area (Å²) in [5.41, 5.74) is 0. The van der Waals surface area contributed by atoms with Crippen molar-refractivity contribution in [2.45, 2.75) is 0 Å². The average molecular weight is 351 g/mol. The smallest absolute Gasteiger partial charge is 0.119 e. The number of hydrogen-bond acceptors (Lipinski definition) is 4. The van der Waals surface area contributed by atoms with Gasteiger partial charge in [-0.05, 0) is 46.9 Å². The zero-order chi connectivity index (χ0) is 12.5. The zero-order valence-electron chi connectivity index (χ0n) is 9.68. The van der Waals surface area contributed by atoms with Crippen LogP contribution >= 0.6 is 22.6 Å². The molecule has 0 aromatic heterocycles. The second-order valence-corrected chi connectivity index (χ2v) is 4.84. The molecule has 17 heavy (non-hydrogen) atoms. The van der Waals surface area contributed by atoms with Crippen molar-refractivity contribution in [3.63, 3.8) is 0 Å². The van der Waals surface area contributed by atoms with E-state index in [2.05, 4.69) is 22.6 Å². The number of benzene rings is 1. The third-order valence-corrected chi connectivity index (χ3v) is 3.04. The van der Waals surface area contributed by atoms with Gasteiger partial charge < -0.3 is 14.9 Å². The molecule has 0 radical (unpaired) electrons. The van der Waals surface area contributed by atoms with Crippen LogP contribution < -0.4 is 4.74 Å². The fourth-order valence-electron chi connectivity index (χ4n) is 1.44. The van der Waals surface area contributed by atoms with E-state index in [9.17, 15) is 0 Å². The third-order valence-electron chi connectivity index (χ3n) is 2.32. The number of aliphatic hydroxyl groups excluding tert-OH is 2. The highest BCUT2D eigenvalue weighted by atomic mass is 127. The summed E-state index contributed by atoms with van der Waals surface area (Å²) in [4.78, 5) is 1.96. The van der Waals surface area contributed by atoms with Crippen LogP contribution in [0.1, 0.15) is 0 Å². The normalized spacial score (nSPS) is 10.8. The van der Waals surface area contributed by atoms with Gasteiger partial charge >= 0.3 is 0 Å². The minimum Gasteiger partial charge on any atom is -0.492 e. The van der Waals surface area contributed by atoms with Crippen LogP contribution in [-0.2, 0) is 0 Å². The topological polar surface area (TPSA) is 52.9 Å². The molecule has 0 aliphatic rings. The molecule has 5 heteroatoms. The molecule has 0 saturated carbocycles. The number of rotatable bonds is 8. The first kappa shape index (κ1) is 14.7. The van der Waals surface area contributed by atoms with Crippen molar-refractivity contribution in [3.05, 3.63) is 27.8 Å². The van der Waals surface area contributed by atoms with E-state index in [4.69, 9.17) is 14.9 Å². The zero-order valence-corrected chi connectivity index (χ0v) is 11.8. The van der Waals surface area contributed by atoms with Gasteiger partial charge in [0.25, 0.3) is 0 Å². The predicted molar refractivity (Wildman–Crippen MR) is 75.3 cm³/mol. The van der Waals surface area contributed by atoms with Crippen LogP contribution in [0.4, 0.5) is 0 Å². The molecule has 96 valence electrons. The van der Waals surface area contributed by atoms with Gasteiger partial charge in [-0.2, -0.15) is 0 Å². The number of halogens is 1. The Balaban J connectivity index is 2.27. The lowest BCUT2D eigenvalue weighted by molar-refractivity contribution is 0.141. The van der Waals surface area contributed by atoms with Crippen LogP contribution in [-0.4, -0.2) is 54.6 Å². The van der Waals surface area contributed by atoms with Crippen molar-refractivity contribution < 1.29 is 14.9 Å². The van der Waals surface area contributed by atoms with Crippen molar-refractivity contribution in [2.75, 3.05) is 39.5 Å². The first-order valence-electron chi connectivity index (χ1n) is 5.58. The fourth-order valence-corrected chi connectivity index (χ4v) is 1.80. The van der Waals surface area contributed by atoms with E-state index in [0.29, 0.717) is 26.2 Å². The summed E-state index contributed by atoms with van der Waals surface area (Å²) in [6.45, 7) is 2.59. The molecule has 0 fully saturated rings. The molecule has 1 aromatic rings. The Kier molecular flexibility index (Phi) is 7.50. The molecular weight excluding hydrogens is 333 g/mol. The Hall–Kier alpha value is -0.370. The van der Waals surface area contributed by atoms with Gasteiger partial charge in [-0.15, -0.1) is 0 Å². The highest BCUT2D eigenvalue weighted by Crippen LogP contribution is 2.13. The number of nitrogens with zero attached hydrogens (tertiary/aromatic N) is 1. The Morgan fingerprint density at radius 3 is 2.12 bits per heavy atom. The molecule has 2 N–H and O–H groups in total. The van der Waals surface area contributed by atoms with E-state index in [-0.39, 0.29) is 13.2 Å². The maximum Gasteiger partial charge on any atom is 0.119 e. The van der Waals surface area contributed by atoms with E-state index in [1.54, 1.807) is 0 Å². The Morgan fingerprint density at radius 2 is 1.59 bits per heavy atom. The van der Waals surface area contributed by atoms with Gasteiger partial charge in [0.1, 0.15) is 12.4 Å². The molecular formula is C12H18INO3. The molecule has 0 amide bonds. The van der Waals surface area contributed by atoms with Gasteiger partial charge in [-0.25, -0.2) is 0 Å². The van der Waals surface area contributed by atoms with Crippen LogP contribution in [0.25, 0.3) is 0 Å². The van der Waals surface area contributed by atoms with E-state index in [0.717, 1.165) is 5.75 Å². The third kappa shape index (κ3) is 6.21. The summed E-state index contributed by atoms with van der Waals surface area (Å²) in [7, 11) is 0. The number of aliphatic hydroxyl groups is 2. The standard InChI is InChI=1S/C12H18INO3/c13-11-1-3-12(4-2-11)17-10-7-14(5-8-15)6-9-16/h1-4,15-16H,5-10H2. The van der Waals surface area contributed by atoms with E-state index >= 15 is 0 Å². The summed E-state index contributed by atoms with van der Waals surface area (Å²) < 4.78 is 6.75. The van der Waals surface area contributed by atoms with Crippen molar-refractivity contribution in [1.29, 1.82) is 0 Å². The van der Waals surface area contributed by atoms with E-state index in [1.165, 1.54) is 3.57 Å². The molecule has 1 rings (SSSR count). The van der Waals surface area contributed by atoms with Gasteiger partial charge in [0.2, 0.25) is 0 Å². The van der Waals surface area contributed by atoms with Crippen LogP contribution in [0.3, 0.4) is 0 Å². The summed E-state index contributed by atoms with van der Waals surface area (Å²) in [5.74, 6) is 0.846. The summed E-state index contributed by atoms with van der Waals surface area (Å²) in [6, 6.07) is 7.86. The van der Waals surface area contributed by atoms with Crippen LogP contribution in [0.15, 0.2) is 24.3 Å². The molecule has 0 saturated heterocycles. The van der Waals surface area contributed by atoms with Crippen LogP contribution in [0, 0.1) is 3.57 Å². The van der Waals surface area contributed by atoms with Gasteiger partial charge in [0.05, 0.1) is 13.2 Å². The van der Waals surface area contributed by atoms with Crippen molar-refractivity contribution in [1.82, 2.24) is 4.90 Å². The van der Waals surface area contributed by atoms with Crippen molar-refractivity contribution in [2.24, 2.45) is 0 Å². The monoisotopic (exact) mass is 351 g/mol. The van der Waals surface area contributed by atoms with E-state index in [1.807, 2.05) is 29.2 Å². The van der Waals surface area contributed by atoms with Gasteiger partial charge in [-0.3, -0.25) is 4.90 Å². The minimum absolute atomic E-state index is 0.101. The largest absolute Gasteiger partial charge is 0.492 e. The minimum atomic E-state index is 0.101. The maximum absolute atomic E-state index is 8.85. The molecule has 0 spiro atoms. The highest BCUT2D eigenvalue weighted by molar-refractivity contribution is 14.1. The van der Waals surface area contributed by atoms with Crippen molar-refractivity contribution in [3.8, 4) is 5.75 Å². The lowest BCUT2D eigenvalue weighted by Gasteiger charge is -2.20. The van der Waals surface area contributed by atoms with Gasteiger partial charge in [0, 0.05) is 23.2 Å². The molecule has 0 bridgehead atoms. The molecule has 0 aliphatic carbocycles. The lowest BCUT2D eigenvalue weighted by atomic mass is 10.3. The molecule has 0 aliphatic heterocycles. The Bertz CT molecular complexity index is 299. The average Bonchev–Trinajstić information content (AvgIpc) is 2.32. The first-order valence-corrected chi connectivity index (χ1v) is 6.66. The quantitative estimate of drug-likeness (QED) is 0.685. The fraction of sp³-hybridized carbons (Fsp3) is 0.500. The second kappa shape index (κ2) is 8.68. The first-order chi connectivity index (χ1) is 8.26. The summed E-state index contributed by atoms with van der Waals surface area (Å²) in [6.07, 6.45) is 0. The molecule has 0 atom stereocenters. The van der Waals surface area contributed by atoms with Gasteiger partial charge in [0.15, 0.2) is 0 Å². The molecule has 4 nitrogen and oxygen atoms in total. The Morgan fingerprint density at radius 1 is 1.00 bits per heavy atom. The highest BCUT2D eigenvalue weighted by Gasteiger charge is 2.03. The number of ether oxygens (including phenoxy) is 1. The van der Waals surface area contributed by atoms with Crippen LogP contribution in [0.2, 0.25) is 0 Å². The molecule has 0 heterocycles. The summed E-state index contributed by atoms with van der Waals surface area (Å²) >= 11 is 2.25. The van der Waals surface area contributed by atoms with Crippen LogP contribution in [0.5, 0.6) is 5.75 Å². The number of hydrogen-bond donors (Lipinski definition) is 2. The second-order valence-electron chi connectivity index (χ2n) is 3.59. The molecule has 0 unspecified atom stereocenters. The maximum atomic E-state index is 8.85. The summed E-state index contributed by atoms with van der Waals surface area (Å²) in [5, 5.41) is 17.7. The Labute approximate surface area is 115 Å². The van der Waals surface area contributed by atoms with Gasteiger partial charge in [-0.1, -0.05) is 0 Å². The van der Waals surface area contributed by atoms with Crippen molar-refractivity contribution >= 4 is 22.6 Å². The SMILES string of the molecule is OCCN(CCO)CCOc1ccc(I)cc1. The molecule has 1 aromatic carbocycles.